The zero-order valence-corrected chi connectivity index (χ0v) is 14.8. The molecule has 0 aliphatic carbocycles. The van der Waals surface area contributed by atoms with Crippen molar-refractivity contribution in [1.82, 2.24) is 4.90 Å². The van der Waals surface area contributed by atoms with E-state index in [0.29, 0.717) is 18.4 Å². The Morgan fingerprint density at radius 1 is 1.21 bits per heavy atom. The molecule has 0 aliphatic heterocycles. The van der Waals surface area contributed by atoms with E-state index in [9.17, 15) is 18.0 Å². The molecule has 2 N–H and O–H groups in total. The maximum Gasteiger partial charge on any atom is 0.573 e. The van der Waals surface area contributed by atoms with Crippen LogP contribution in [-0.4, -0.2) is 30.8 Å². The molecule has 1 aromatic carbocycles. The van der Waals surface area contributed by atoms with Gasteiger partial charge in [0, 0.05) is 25.7 Å². The van der Waals surface area contributed by atoms with Crippen LogP contribution in [0.1, 0.15) is 32.3 Å². The minimum absolute atomic E-state index is 0. The number of halogens is 4. The molecule has 0 aliphatic rings. The predicted molar refractivity (Wildman–Crippen MR) is 88.9 cm³/mol. The van der Waals surface area contributed by atoms with Crippen molar-refractivity contribution in [3.8, 4) is 5.75 Å². The van der Waals surface area contributed by atoms with Gasteiger partial charge in [-0.15, -0.1) is 25.6 Å². The van der Waals surface area contributed by atoms with Crippen LogP contribution in [0.15, 0.2) is 24.3 Å². The van der Waals surface area contributed by atoms with Crippen molar-refractivity contribution < 1.29 is 22.7 Å². The first-order chi connectivity index (χ1) is 10.7. The molecule has 138 valence electrons. The van der Waals surface area contributed by atoms with E-state index in [4.69, 9.17) is 5.73 Å². The molecular weight excluding hydrogens is 345 g/mol. The summed E-state index contributed by atoms with van der Waals surface area (Å²) in [5, 5.41) is 0. The van der Waals surface area contributed by atoms with Crippen molar-refractivity contribution in [2.75, 3.05) is 13.6 Å². The summed E-state index contributed by atoms with van der Waals surface area (Å²) in [6, 6.07) is 5.80. The van der Waals surface area contributed by atoms with Crippen molar-refractivity contribution in [3.63, 3.8) is 0 Å². The van der Waals surface area contributed by atoms with Gasteiger partial charge in [-0.1, -0.05) is 32.0 Å². The van der Waals surface area contributed by atoms with E-state index in [1.54, 1.807) is 13.1 Å². The van der Waals surface area contributed by atoms with Gasteiger partial charge in [-0.25, -0.2) is 0 Å². The molecule has 0 aromatic heterocycles. The van der Waals surface area contributed by atoms with Crippen molar-refractivity contribution in [2.45, 2.75) is 39.6 Å². The Morgan fingerprint density at radius 2 is 1.75 bits per heavy atom. The van der Waals surface area contributed by atoms with Gasteiger partial charge in [-0.3, -0.25) is 4.79 Å². The number of carbonyl (C=O) groups is 1. The zero-order chi connectivity index (χ0) is 17.7. The van der Waals surface area contributed by atoms with Crippen LogP contribution in [0.3, 0.4) is 0 Å². The van der Waals surface area contributed by atoms with Crippen molar-refractivity contribution >= 4 is 18.3 Å². The first-order valence-electron chi connectivity index (χ1n) is 7.48. The smallest absolute Gasteiger partial charge is 0.405 e. The number of para-hydroxylation sites is 1. The summed E-state index contributed by atoms with van der Waals surface area (Å²) >= 11 is 0. The Labute approximate surface area is 146 Å². The number of hydrogen-bond acceptors (Lipinski definition) is 3. The van der Waals surface area contributed by atoms with E-state index in [0.717, 1.165) is 0 Å². The molecule has 0 heterocycles. The van der Waals surface area contributed by atoms with Gasteiger partial charge in [0.1, 0.15) is 5.75 Å². The molecule has 0 fully saturated rings. The summed E-state index contributed by atoms with van der Waals surface area (Å²) < 4.78 is 41.4. The summed E-state index contributed by atoms with van der Waals surface area (Å²) in [5.74, 6) is -0.474. The predicted octanol–water partition coefficient (Wildman–Crippen LogP) is 3.73. The van der Waals surface area contributed by atoms with Gasteiger partial charge in [0.05, 0.1) is 5.41 Å². The Hall–Kier alpha value is -1.47. The summed E-state index contributed by atoms with van der Waals surface area (Å²) in [5.41, 5.74) is 5.36. The van der Waals surface area contributed by atoms with Crippen LogP contribution >= 0.6 is 12.4 Å². The number of nitrogens with two attached hydrogens (primary N) is 1. The zero-order valence-electron chi connectivity index (χ0n) is 14.0. The molecule has 0 atom stereocenters. The van der Waals surface area contributed by atoms with Crippen LogP contribution in [0.4, 0.5) is 13.2 Å². The Bertz CT molecular complexity index is 526. The van der Waals surface area contributed by atoms with Crippen LogP contribution in [0.25, 0.3) is 0 Å². The summed E-state index contributed by atoms with van der Waals surface area (Å²) in [7, 11) is 1.56. The third-order valence-electron chi connectivity index (χ3n) is 4.15. The van der Waals surface area contributed by atoms with Gasteiger partial charge in [-0.2, -0.15) is 0 Å². The quantitative estimate of drug-likeness (QED) is 0.797. The van der Waals surface area contributed by atoms with Gasteiger partial charge < -0.3 is 15.4 Å². The fourth-order valence-electron chi connectivity index (χ4n) is 2.52. The van der Waals surface area contributed by atoms with Crippen LogP contribution in [0.2, 0.25) is 0 Å². The fourth-order valence-corrected chi connectivity index (χ4v) is 2.52. The number of benzene rings is 1. The lowest BCUT2D eigenvalue weighted by Gasteiger charge is -2.33. The lowest BCUT2D eigenvalue weighted by atomic mass is 9.81. The van der Waals surface area contributed by atoms with E-state index in [1.807, 2.05) is 13.8 Å². The van der Waals surface area contributed by atoms with Crippen molar-refractivity contribution in [2.24, 2.45) is 11.1 Å². The number of ether oxygens (including phenoxy) is 1. The number of nitrogens with zero attached hydrogens (tertiary/aromatic N) is 1. The second kappa shape index (κ2) is 9.13. The van der Waals surface area contributed by atoms with Gasteiger partial charge >= 0.3 is 6.36 Å². The molecule has 0 bridgehead atoms. The standard InChI is InChI=1S/C16H23F3N2O2.ClH/c1-4-15(5-2,11-20)14(22)21(3)10-12-8-6-7-9-13(12)23-16(17,18)19;/h6-9H,4-5,10-11,20H2,1-3H3;1H. The van der Waals surface area contributed by atoms with Gasteiger partial charge in [0.2, 0.25) is 5.91 Å². The molecule has 0 spiro atoms. The molecule has 8 heteroatoms. The average Bonchev–Trinajstić information content (AvgIpc) is 2.50. The SMILES string of the molecule is CCC(CC)(CN)C(=O)N(C)Cc1ccccc1OC(F)(F)F.Cl. The molecule has 1 aromatic rings. The molecule has 0 unspecified atom stereocenters. The first-order valence-corrected chi connectivity index (χ1v) is 7.48. The summed E-state index contributed by atoms with van der Waals surface area (Å²) in [6.07, 6.45) is -3.62. The Balaban J connectivity index is 0.00000529. The highest BCUT2D eigenvalue weighted by atomic mass is 35.5. The molecular formula is C16H24ClF3N2O2. The normalized spacial score (nSPS) is 11.6. The van der Waals surface area contributed by atoms with E-state index in [-0.39, 0.29) is 37.2 Å². The number of hydrogen-bond donors (Lipinski definition) is 1. The number of amides is 1. The van der Waals surface area contributed by atoms with Gasteiger partial charge in [-0.05, 0) is 18.9 Å². The lowest BCUT2D eigenvalue weighted by Crippen LogP contribution is -2.45. The van der Waals surface area contributed by atoms with Crippen LogP contribution in [-0.2, 0) is 11.3 Å². The molecule has 1 rings (SSSR count). The van der Waals surface area contributed by atoms with E-state index in [1.165, 1.54) is 23.1 Å². The molecule has 1 amide bonds. The monoisotopic (exact) mass is 368 g/mol. The highest BCUT2D eigenvalue weighted by Crippen LogP contribution is 2.30. The van der Waals surface area contributed by atoms with E-state index in [2.05, 4.69) is 4.74 Å². The first kappa shape index (κ1) is 22.5. The average molecular weight is 369 g/mol. The Morgan fingerprint density at radius 3 is 2.21 bits per heavy atom. The lowest BCUT2D eigenvalue weighted by molar-refractivity contribution is -0.275. The van der Waals surface area contributed by atoms with Crippen molar-refractivity contribution in [3.05, 3.63) is 29.8 Å². The fraction of sp³-hybridized carbons (Fsp3) is 0.562. The maximum atomic E-state index is 12.6. The summed E-state index contributed by atoms with van der Waals surface area (Å²) in [6.45, 7) is 3.97. The van der Waals surface area contributed by atoms with Gasteiger partial charge in [0.25, 0.3) is 0 Å². The number of alkyl halides is 3. The molecule has 4 nitrogen and oxygen atoms in total. The Kier molecular flexibility index (Phi) is 8.57. The highest BCUT2D eigenvalue weighted by molar-refractivity contribution is 5.85. The molecule has 0 radical (unpaired) electrons. The molecule has 0 saturated carbocycles. The second-order valence-electron chi connectivity index (χ2n) is 5.51. The van der Waals surface area contributed by atoms with Crippen LogP contribution in [0.5, 0.6) is 5.75 Å². The maximum absolute atomic E-state index is 12.6. The number of carbonyl (C=O) groups excluding carboxylic acids is 1. The second-order valence-corrected chi connectivity index (χ2v) is 5.51. The van der Waals surface area contributed by atoms with Crippen LogP contribution in [0, 0.1) is 5.41 Å². The minimum atomic E-state index is -4.77. The third kappa shape index (κ3) is 5.56. The van der Waals surface area contributed by atoms with Gasteiger partial charge in [0.15, 0.2) is 0 Å². The van der Waals surface area contributed by atoms with Crippen LogP contribution < -0.4 is 10.5 Å². The minimum Gasteiger partial charge on any atom is -0.405 e. The topological polar surface area (TPSA) is 55.6 Å². The largest absolute Gasteiger partial charge is 0.573 e. The summed E-state index contributed by atoms with van der Waals surface area (Å²) in [4.78, 5) is 14.0. The molecule has 24 heavy (non-hydrogen) atoms. The van der Waals surface area contributed by atoms with E-state index < -0.39 is 11.8 Å². The van der Waals surface area contributed by atoms with E-state index >= 15 is 0 Å². The molecule has 0 saturated heterocycles. The highest BCUT2D eigenvalue weighted by Gasteiger charge is 2.36. The third-order valence-corrected chi connectivity index (χ3v) is 4.15. The van der Waals surface area contributed by atoms with Crippen molar-refractivity contribution in [1.29, 1.82) is 0 Å². The number of rotatable bonds is 7.